The summed E-state index contributed by atoms with van der Waals surface area (Å²) in [5.41, 5.74) is 0. The van der Waals surface area contributed by atoms with Crippen molar-refractivity contribution >= 4 is 41.9 Å². The molecule has 0 aliphatic rings. The van der Waals surface area contributed by atoms with Crippen LogP contribution >= 0.6 is 31.9 Å². The van der Waals surface area contributed by atoms with Crippen LogP contribution in [0.1, 0.15) is 5.76 Å². The van der Waals surface area contributed by atoms with E-state index in [1.807, 2.05) is 0 Å². The van der Waals surface area contributed by atoms with Crippen molar-refractivity contribution in [3.63, 3.8) is 0 Å². The summed E-state index contributed by atoms with van der Waals surface area (Å²) in [5, 5.41) is 0. The molecule has 0 bridgehead atoms. The second-order valence-corrected chi connectivity index (χ2v) is 7.27. The molecule has 1 aromatic heterocycles. The van der Waals surface area contributed by atoms with E-state index in [9.17, 15) is 8.42 Å². The van der Waals surface area contributed by atoms with Crippen LogP contribution in [-0.4, -0.2) is 15.5 Å². The molecule has 20 heavy (non-hydrogen) atoms. The van der Waals surface area contributed by atoms with Gasteiger partial charge in [-0.25, -0.2) is 13.1 Å². The first-order valence-corrected chi connectivity index (χ1v) is 8.56. The number of rotatable bonds is 5. The Morgan fingerprint density at radius 2 is 2.05 bits per heavy atom. The van der Waals surface area contributed by atoms with Gasteiger partial charge in [0.2, 0.25) is 10.0 Å². The summed E-state index contributed by atoms with van der Waals surface area (Å²) in [6.07, 6.45) is 1.49. The van der Waals surface area contributed by atoms with Gasteiger partial charge in [0.1, 0.15) is 11.5 Å². The Labute approximate surface area is 133 Å². The van der Waals surface area contributed by atoms with Crippen LogP contribution < -0.4 is 9.46 Å². The number of methoxy groups -OCH3 is 1. The molecule has 1 aromatic carbocycles. The van der Waals surface area contributed by atoms with Crippen molar-refractivity contribution < 1.29 is 17.6 Å². The van der Waals surface area contributed by atoms with Crippen molar-refractivity contribution in [1.82, 2.24) is 4.72 Å². The van der Waals surface area contributed by atoms with Crippen molar-refractivity contribution in [3.05, 3.63) is 45.2 Å². The molecule has 1 N–H and O–H groups in total. The maximum Gasteiger partial charge on any atom is 0.242 e. The monoisotopic (exact) mass is 423 g/mol. The van der Waals surface area contributed by atoms with Gasteiger partial charge in [0, 0.05) is 10.5 Å². The summed E-state index contributed by atoms with van der Waals surface area (Å²) in [4.78, 5) is 0.101. The van der Waals surface area contributed by atoms with E-state index in [0.717, 1.165) is 0 Å². The van der Waals surface area contributed by atoms with Crippen molar-refractivity contribution in [1.29, 1.82) is 0 Å². The normalized spacial score (nSPS) is 11.6. The molecule has 1 heterocycles. The summed E-state index contributed by atoms with van der Waals surface area (Å²) in [6, 6.07) is 6.46. The fourth-order valence-electron chi connectivity index (χ4n) is 1.53. The lowest BCUT2D eigenvalue weighted by Gasteiger charge is -2.10. The molecule has 0 aliphatic carbocycles. The van der Waals surface area contributed by atoms with Crippen molar-refractivity contribution in [2.45, 2.75) is 11.4 Å². The molecule has 2 aromatic rings. The minimum atomic E-state index is -3.67. The molecule has 0 radical (unpaired) electrons. The van der Waals surface area contributed by atoms with Gasteiger partial charge in [-0.2, -0.15) is 0 Å². The van der Waals surface area contributed by atoms with E-state index in [1.165, 1.54) is 19.4 Å². The van der Waals surface area contributed by atoms with Crippen LogP contribution in [0.25, 0.3) is 0 Å². The van der Waals surface area contributed by atoms with Gasteiger partial charge in [-0.3, -0.25) is 0 Å². The predicted octanol–water partition coefficient (Wildman–Crippen LogP) is 3.29. The van der Waals surface area contributed by atoms with Crippen LogP contribution in [0.15, 0.2) is 48.8 Å². The number of benzene rings is 1. The molecule has 0 aliphatic heterocycles. The summed E-state index contributed by atoms with van der Waals surface area (Å²) < 4.78 is 38.3. The zero-order chi connectivity index (χ0) is 14.8. The van der Waals surface area contributed by atoms with E-state index >= 15 is 0 Å². The smallest absolute Gasteiger partial charge is 0.242 e. The number of hydrogen-bond donors (Lipinski definition) is 1. The van der Waals surface area contributed by atoms with Gasteiger partial charge in [0.05, 0.1) is 29.3 Å². The molecule has 2 rings (SSSR count). The summed E-state index contributed by atoms with van der Waals surface area (Å²) in [5.74, 6) is 0.973. The lowest BCUT2D eigenvalue weighted by molar-refractivity contribution is 0.410. The van der Waals surface area contributed by atoms with Gasteiger partial charge in [-0.05, 0) is 50.1 Å². The molecule has 0 spiro atoms. The molecule has 8 heteroatoms. The largest absolute Gasteiger partial charge is 0.496 e. The quantitative estimate of drug-likeness (QED) is 0.799. The minimum absolute atomic E-state index is 0.0835. The number of furan rings is 1. The van der Waals surface area contributed by atoms with Crippen molar-refractivity contribution in [3.8, 4) is 5.75 Å². The number of hydrogen-bond acceptors (Lipinski definition) is 4. The molecular weight excluding hydrogens is 414 g/mol. The molecule has 0 fully saturated rings. The topological polar surface area (TPSA) is 68.5 Å². The Hall–Kier alpha value is -0.830. The fourth-order valence-corrected chi connectivity index (χ4v) is 4.39. The predicted molar refractivity (Wildman–Crippen MR) is 81.1 cm³/mol. The molecule has 108 valence electrons. The SMILES string of the molecule is COc1cc(S(=O)(=O)NCc2ccco2)c(Br)cc1Br. The average molecular weight is 425 g/mol. The van der Waals surface area contributed by atoms with Gasteiger partial charge in [0.15, 0.2) is 0 Å². The Bertz CT molecular complexity index is 698. The first kappa shape index (κ1) is 15.6. The molecule has 0 saturated carbocycles. The maximum atomic E-state index is 12.3. The highest BCUT2D eigenvalue weighted by atomic mass is 79.9. The average Bonchev–Trinajstić information content (AvgIpc) is 2.89. The maximum absolute atomic E-state index is 12.3. The Morgan fingerprint density at radius 1 is 1.30 bits per heavy atom. The van der Waals surface area contributed by atoms with Crippen LogP contribution in [-0.2, 0) is 16.6 Å². The number of ether oxygens (including phenoxy) is 1. The van der Waals surface area contributed by atoms with Crippen LogP contribution in [0, 0.1) is 0 Å². The molecule has 0 unspecified atom stereocenters. The van der Waals surface area contributed by atoms with E-state index in [1.54, 1.807) is 18.2 Å². The number of nitrogens with one attached hydrogen (secondary N) is 1. The van der Waals surface area contributed by atoms with Crippen LogP contribution in [0.2, 0.25) is 0 Å². The standard InChI is InChI=1S/C12H11Br2NO4S/c1-18-11-6-12(10(14)5-9(11)13)20(16,17)15-7-8-3-2-4-19-8/h2-6,15H,7H2,1H3. The lowest BCUT2D eigenvalue weighted by Crippen LogP contribution is -2.23. The lowest BCUT2D eigenvalue weighted by atomic mass is 10.3. The van der Waals surface area contributed by atoms with E-state index in [-0.39, 0.29) is 11.4 Å². The fraction of sp³-hybridized carbons (Fsp3) is 0.167. The third kappa shape index (κ3) is 3.43. The van der Waals surface area contributed by atoms with Gasteiger partial charge in [-0.15, -0.1) is 0 Å². The first-order valence-electron chi connectivity index (χ1n) is 5.49. The summed E-state index contributed by atoms with van der Waals surface area (Å²) >= 11 is 6.53. The third-order valence-corrected chi connectivity index (χ3v) is 5.49. The van der Waals surface area contributed by atoms with Crippen LogP contribution in [0.5, 0.6) is 5.75 Å². The second-order valence-electron chi connectivity index (χ2n) is 3.82. The highest BCUT2D eigenvalue weighted by Gasteiger charge is 2.20. The van der Waals surface area contributed by atoms with Gasteiger partial charge < -0.3 is 9.15 Å². The van der Waals surface area contributed by atoms with Gasteiger partial charge >= 0.3 is 0 Å². The Morgan fingerprint density at radius 3 is 2.65 bits per heavy atom. The first-order chi connectivity index (χ1) is 9.44. The molecule has 0 amide bonds. The number of sulfonamides is 1. The highest BCUT2D eigenvalue weighted by Crippen LogP contribution is 2.33. The van der Waals surface area contributed by atoms with Crippen molar-refractivity contribution in [2.24, 2.45) is 0 Å². The summed E-state index contributed by atoms with van der Waals surface area (Å²) in [6.45, 7) is 0.0835. The van der Waals surface area contributed by atoms with Crippen molar-refractivity contribution in [2.75, 3.05) is 7.11 Å². The molecule has 0 saturated heterocycles. The highest BCUT2D eigenvalue weighted by molar-refractivity contribution is 9.11. The van der Waals surface area contributed by atoms with Crippen LogP contribution in [0.3, 0.4) is 0 Å². The van der Waals surface area contributed by atoms with Gasteiger partial charge in [0.25, 0.3) is 0 Å². The zero-order valence-corrected chi connectivity index (χ0v) is 14.4. The van der Waals surface area contributed by atoms with Crippen LogP contribution in [0.4, 0.5) is 0 Å². The Balaban J connectivity index is 2.29. The van der Waals surface area contributed by atoms with E-state index in [4.69, 9.17) is 9.15 Å². The number of halogens is 2. The minimum Gasteiger partial charge on any atom is -0.496 e. The third-order valence-electron chi connectivity index (χ3n) is 2.51. The molecular formula is C12H11Br2NO4S. The second kappa shape index (κ2) is 6.30. The Kier molecular flexibility index (Phi) is 4.90. The zero-order valence-electron chi connectivity index (χ0n) is 10.4. The van der Waals surface area contributed by atoms with Gasteiger partial charge in [-0.1, -0.05) is 0 Å². The van der Waals surface area contributed by atoms with E-state index in [2.05, 4.69) is 36.6 Å². The van der Waals surface area contributed by atoms with E-state index < -0.39 is 10.0 Å². The van der Waals surface area contributed by atoms with E-state index in [0.29, 0.717) is 20.5 Å². The molecule has 0 atom stereocenters. The molecule has 5 nitrogen and oxygen atoms in total. The summed E-state index contributed by atoms with van der Waals surface area (Å²) in [7, 11) is -2.20.